The van der Waals surface area contributed by atoms with E-state index < -0.39 is 0 Å². The maximum absolute atomic E-state index is 12.5. The van der Waals surface area contributed by atoms with Gasteiger partial charge in [-0.25, -0.2) is 0 Å². The van der Waals surface area contributed by atoms with Crippen molar-refractivity contribution in [3.05, 3.63) is 35.2 Å². The molecule has 1 amide bonds. The number of rotatable bonds is 5. The Morgan fingerprint density at radius 3 is 2.75 bits per heavy atom. The summed E-state index contributed by atoms with van der Waals surface area (Å²) in [4.78, 5) is 25.4. The summed E-state index contributed by atoms with van der Waals surface area (Å²) in [6, 6.07) is 7.36. The molecule has 1 unspecified atom stereocenters. The average molecular weight is 575 g/mol. The lowest BCUT2D eigenvalue weighted by molar-refractivity contribution is -0.142. The number of halogens is 2. The van der Waals surface area contributed by atoms with Crippen molar-refractivity contribution >= 4 is 47.4 Å². The Morgan fingerprint density at radius 1 is 1.28 bits per heavy atom. The smallest absolute Gasteiger partial charge is 0.251 e. The van der Waals surface area contributed by atoms with E-state index in [0.29, 0.717) is 49.4 Å². The van der Waals surface area contributed by atoms with Crippen LogP contribution in [0.3, 0.4) is 0 Å². The molecule has 0 radical (unpaired) electrons. The Kier molecular flexibility index (Phi) is 9.11. The highest BCUT2D eigenvalue weighted by molar-refractivity contribution is 14.0. The first-order valence-electron chi connectivity index (χ1n) is 10.6. The Hall–Kier alpha value is -1.92. The predicted octanol–water partition coefficient (Wildman–Crippen LogP) is 2.45. The van der Waals surface area contributed by atoms with Gasteiger partial charge in [0.2, 0.25) is 11.7 Å². The molecular formula is C21H28ClIN6O3. The topological polar surface area (TPSA) is 96.1 Å². The van der Waals surface area contributed by atoms with Crippen LogP contribution in [0.15, 0.2) is 33.8 Å². The molecule has 2 fully saturated rings. The predicted molar refractivity (Wildman–Crippen MR) is 132 cm³/mol. The van der Waals surface area contributed by atoms with Gasteiger partial charge in [-0.1, -0.05) is 28.9 Å². The van der Waals surface area contributed by atoms with Gasteiger partial charge in [0.25, 0.3) is 5.91 Å². The minimum atomic E-state index is -0.254. The summed E-state index contributed by atoms with van der Waals surface area (Å²) in [7, 11) is 1.76. The van der Waals surface area contributed by atoms with E-state index in [1.807, 2.05) is 17.0 Å². The van der Waals surface area contributed by atoms with E-state index in [4.69, 9.17) is 20.9 Å². The Balaban J connectivity index is 0.00000289. The molecule has 32 heavy (non-hydrogen) atoms. The fraction of sp³-hybridized carbons (Fsp3) is 0.524. The maximum Gasteiger partial charge on any atom is 0.251 e. The number of benzene rings is 1. The van der Waals surface area contributed by atoms with Gasteiger partial charge in [0.05, 0.1) is 0 Å². The number of nitrogens with zero attached hydrogens (tertiary/aromatic N) is 5. The summed E-state index contributed by atoms with van der Waals surface area (Å²) in [5, 5.41) is 8.01. The Labute approximate surface area is 209 Å². The molecule has 2 aliphatic rings. The molecule has 0 spiro atoms. The summed E-state index contributed by atoms with van der Waals surface area (Å²) in [5.41, 5.74) is 0.821. The van der Waals surface area contributed by atoms with E-state index in [9.17, 15) is 4.79 Å². The molecule has 2 aromatic rings. The van der Waals surface area contributed by atoms with E-state index >= 15 is 0 Å². The zero-order chi connectivity index (χ0) is 21.6. The maximum atomic E-state index is 12.5. The lowest BCUT2D eigenvalue weighted by Crippen LogP contribution is -2.55. The summed E-state index contributed by atoms with van der Waals surface area (Å²) < 4.78 is 10.9. The fourth-order valence-electron chi connectivity index (χ4n) is 3.83. The molecule has 4 rings (SSSR count). The van der Waals surface area contributed by atoms with Crippen molar-refractivity contribution in [1.29, 1.82) is 0 Å². The van der Waals surface area contributed by atoms with Crippen molar-refractivity contribution in [2.45, 2.75) is 25.4 Å². The number of guanidine groups is 1. The van der Waals surface area contributed by atoms with Crippen LogP contribution < -0.4 is 5.32 Å². The van der Waals surface area contributed by atoms with Crippen LogP contribution in [0.5, 0.6) is 0 Å². The van der Waals surface area contributed by atoms with Crippen LogP contribution >= 0.6 is 35.6 Å². The van der Waals surface area contributed by atoms with E-state index in [1.54, 1.807) is 19.2 Å². The van der Waals surface area contributed by atoms with Gasteiger partial charge < -0.3 is 24.4 Å². The molecule has 174 valence electrons. The van der Waals surface area contributed by atoms with Gasteiger partial charge in [-0.2, -0.15) is 4.98 Å². The second kappa shape index (κ2) is 11.8. The average Bonchev–Trinajstić information content (AvgIpc) is 3.49. The summed E-state index contributed by atoms with van der Waals surface area (Å²) in [6.45, 7) is 4.11. The Morgan fingerprint density at radius 2 is 2.06 bits per heavy atom. The Bertz CT molecular complexity index is 926. The highest BCUT2D eigenvalue weighted by Crippen LogP contribution is 2.20. The van der Waals surface area contributed by atoms with Crippen LogP contribution in [0.2, 0.25) is 5.02 Å². The lowest BCUT2D eigenvalue weighted by atomic mass is 10.2. The number of hydrogen-bond acceptors (Lipinski definition) is 6. The van der Waals surface area contributed by atoms with Crippen LogP contribution in [0, 0.1) is 0 Å². The second-order valence-corrected chi connectivity index (χ2v) is 8.00. The molecule has 11 heteroatoms. The van der Waals surface area contributed by atoms with Gasteiger partial charge in [0, 0.05) is 63.4 Å². The van der Waals surface area contributed by atoms with Crippen molar-refractivity contribution in [3.63, 3.8) is 0 Å². The molecule has 0 saturated carbocycles. The first kappa shape index (κ1) is 24.7. The second-order valence-electron chi connectivity index (χ2n) is 7.56. The highest BCUT2D eigenvalue weighted by Gasteiger charge is 2.30. The van der Waals surface area contributed by atoms with Crippen molar-refractivity contribution in [1.82, 2.24) is 25.3 Å². The molecule has 1 aromatic carbocycles. The number of piperazine rings is 1. The number of ether oxygens (including phenoxy) is 1. The van der Waals surface area contributed by atoms with Gasteiger partial charge in [-0.15, -0.1) is 24.0 Å². The number of amides is 1. The number of aromatic nitrogens is 2. The zero-order valence-corrected chi connectivity index (χ0v) is 21.1. The molecule has 1 N–H and O–H groups in total. The molecule has 2 aliphatic heterocycles. The van der Waals surface area contributed by atoms with Crippen molar-refractivity contribution < 1.29 is 14.1 Å². The first-order valence-corrected chi connectivity index (χ1v) is 11.0. The van der Waals surface area contributed by atoms with Gasteiger partial charge in [-0.3, -0.25) is 9.79 Å². The van der Waals surface area contributed by atoms with Crippen LogP contribution in [0.25, 0.3) is 11.4 Å². The molecule has 1 aromatic heterocycles. The summed E-state index contributed by atoms with van der Waals surface area (Å²) in [6.07, 6.45) is 2.12. The van der Waals surface area contributed by atoms with E-state index in [1.165, 1.54) is 0 Å². The van der Waals surface area contributed by atoms with Gasteiger partial charge in [0.1, 0.15) is 6.10 Å². The van der Waals surface area contributed by atoms with Gasteiger partial charge in [0.15, 0.2) is 5.96 Å². The number of aliphatic imine (C=N–C) groups is 1. The molecule has 2 saturated heterocycles. The van der Waals surface area contributed by atoms with E-state index in [0.717, 1.165) is 37.5 Å². The third kappa shape index (κ3) is 6.10. The standard InChI is InChI=1S/C21H27ClN6O3.HI/c1-23-21(28-11-9-27(10-12-28)20(29)17-6-3-13-30-17)24-8-7-18-25-19(26-31-18)15-4-2-5-16(22)14-15;/h2,4-5,14,17H,3,6-13H2,1H3,(H,23,24);1H. The minimum Gasteiger partial charge on any atom is -0.368 e. The lowest BCUT2D eigenvalue weighted by Gasteiger charge is -2.37. The summed E-state index contributed by atoms with van der Waals surface area (Å²) >= 11 is 6.03. The molecule has 9 nitrogen and oxygen atoms in total. The van der Waals surface area contributed by atoms with Gasteiger partial charge >= 0.3 is 0 Å². The molecule has 0 bridgehead atoms. The minimum absolute atomic E-state index is 0. The molecule has 3 heterocycles. The monoisotopic (exact) mass is 574 g/mol. The fourth-order valence-corrected chi connectivity index (χ4v) is 4.02. The van der Waals surface area contributed by atoms with Crippen LogP contribution in [0.1, 0.15) is 18.7 Å². The van der Waals surface area contributed by atoms with Crippen molar-refractivity contribution in [3.8, 4) is 11.4 Å². The van der Waals surface area contributed by atoms with Crippen LogP contribution in [0.4, 0.5) is 0 Å². The quantitative estimate of drug-likeness (QED) is 0.333. The van der Waals surface area contributed by atoms with Gasteiger partial charge in [-0.05, 0) is 25.0 Å². The largest absolute Gasteiger partial charge is 0.368 e. The highest BCUT2D eigenvalue weighted by atomic mass is 127. The zero-order valence-electron chi connectivity index (χ0n) is 18.0. The van der Waals surface area contributed by atoms with Crippen LogP contribution in [-0.2, 0) is 16.0 Å². The van der Waals surface area contributed by atoms with Crippen LogP contribution in [-0.4, -0.2) is 84.3 Å². The van der Waals surface area contributed by atoms with E-state index in [2.05, 4.69) is 25.3 Å². The SMILES string of the molecule is CN=C(NCCc1nc(-c2cccc(Cl)c2)no1)N1CCN(C(=O)C2CCCO2)CC1.I. The van der Waals surface area contributed by atoms with Crippen molar-refractivity contribution in [2.24, 2.45) is 4.99 Å². The number of nitrogens with one attached hydrogen (secondary N) is 1. The normalized spacial score (nSPS) is 19.1. The molecular weight excluding hydrogens is 547 g/mol. The molecule has 1 atom stereocenters. The summed E-state index contributed by atoms with van der Waals surface area (Å²) in [5.74, 6) is 1.99. The number of carbonyl (C=O) groups excluding carboxylic acids is 1. The first-order chi connectivity index (χ1) is 15.1. The van der Waals surface area contributed by atoms with Crippen molar-refractivity contribution in [2.75, 3.05) is 46.4 Å². The van der Waals surface area contributed by atoms with E-state index in [-0.39, 0.29) is 36.0 Å². The molecule has 0 aliphatic carbocycles. The third-order valence-corrected chi connectivity index (χ3v) is 5.72. The third-order valence-electron chi connectivity index (χ3n) is 5.48. The number of hydrogen-bond donors (Lipinski definition) is 1. The number of carbonyl (C=O) groups is 1.